The molecule has 2 aromatic carbocycles. The first-order valence-corrected chi connectivity index (χ1v) is 13.7. The molecule has 10 nitrogen and oxygen atoms in total. The van der Waals surface area contributed by atoms with Crippen molar-refractivity contribution < 1.29 is 22.3 Å². The van der Waals surface area contributed by atoms with Crippen molar-refractivity contribution in [2.45, 2.75) is 57.5 Å². The van der Waals surface area contributed by atoms with Crippen LogP contribution in [-0.4, -0.2) is 39.4 Å². The van der Waals surface area contributed by atoms with Crippen LogP contribution in [0.4, 0.5) is 17.6 Å². The van der Waals surface area contributed by atoms with E-state index in [2.05, 4.69) is 20.0 Å². The Morgan fingerprint density at radius 3 is 2.51 bits per heavy atom. The van der Waals surface area contributed by atoms with E-state index in [-0.39, 0.29) is 34.9 Å². The molecule has 2 heterocycles. The molecule has 2 atom stereocenters. The van der Waals surface area contributed by atoms with E-state index >= 15 is 4.39 Å². The molecule has 0 spiro atoms. The minimum absolute atomic E-state index is 0.0901. The number of aromatic nitrogens is 3. The van der Waals surface area contributed by atoms with Crippen molar-refractivity contribution in [3.63, 3.8) is 0 Å². The van der Waals surface area contributed by atoms with E-state index in [1.54, 1.807) is 24.3 Å². The van der Waals surface area contributed by atoms with Gasteiger partial charge in [-0.3, -0.25) is 9.98 Å². The van der Waals surface area contributed by atoms with Gasteiger partial charge >= 0.3 is 12.1 Å². The van der Waals surface area contributed by atoms with Crippen LogP contribution in [0, 0.1) is 11.2 Å². The summed E-state index contributed by atoms with van der Waals surface area (Å²) in [5, 5.41) is 10.4. The summed E-state index contributed by atoms with van der Waals surface area (Å²) in [5.74, 6) is -2.24. The Bertz CT molecular complexity index is 1630. The molecule has 0 amide bonds. The SMILES string of the molecule is C[C@H](N)CCCc1cc(OC(F)(F)F)c(F)c(-c2cc3cn(-c4ccc([C@H](N)CCCNC(=N)N)cc4)c(=O)nc3[nH]2)c1. The number of aromatic amines is 1. The average Bonchev–Trinajstić information content (AvgIpc) is 3.33. The second-order valence-corrected chi connectivity index (χ2v) is 10.4. The molecule has 0 bridgehead atoms. The molecular weight excluding hydrogens is 568 g/mol. The highest BCUT2D eigenvalue weighted by Gasteiger charge is 2.33. The molecule has 0 aliphatic heterocycles. The lowest BCUT2D eigenvalue weighted by molar-refractivity contribution is -0.275. The van der Waals surface area contributed by atoms with Gasteiger partial charge < -0.3 is 32.2 Å². The van der Waals surface area contributed by atoms with E-state index in [9.17, 15) is 18.0 Å². The number of halogens is 4. The molecule has 2 aromatic heterocycles. The monoisotopic (exact) mass is 602 g/mol. The van der Waals surface area contributed by atoms with Crippen molar-refractivity contribution >= 4 is 17.0 Å². The fourth-order valence-electron chi connectivity index (χ4n) is 4.74. The molecule has 0 saturated heterocycles. The zero-order chi connectivity index (χ0) is 31.3. The quantitative estimate of drug-likeness (QED) is 0.0605. The second kappa shape index (κ2) is 13.3. The van der Waals surface area contributed by atoms with Gasteiger partial charge in [-0.25, -0.2) is 9.18 Å². The lowest BCUT2D eigenvalue weighted by Gasteiger charge is -2.14. The molecule has 0 fully saturated rings. The lowest BCUT2D eigenvalue weighted by Crippen LogP contribution is -2.31. The number of alkyl halides is 3. The lowest BCUT2D eigenvalue weighted by atomic mass is 10.0. The Labute approximate surface area is 244 Å². The third-order valence-corrected chi connectivity index (χ3v) is 6.85. The number of hydrogen-bond donors (Lipinski definition) is 6. The molecule has 0 aliphatic rings. The number of rotatable bonds is 12. The summed E-state index contributed by atoms with van der Waals surface area (Å²) < 4.78 is 59.8. The highest BCUT2D eigenvalue weighted by atomic mass is 19.4. The van der Waals surface area contributed by atoms with Gasteiger partial charge in [-0.15, -0.1) is 13.2 Å². The van der Waals surface area contributed by atoms with Gasteiger partial charge in [-0.05, 0) is 80.5 Å². The van der Waals surface area contributed by atoms with Crippen LogP contribution in [0.1, 0.15) is 49.8 Å². The maximum atomic E-state index is 15.3. The summed E-state index contributed by atoms with van der Waals surface area (Å²) >= 11 is 0. The summed E-state index contributed by atoms with van der Waals surface area (Å²) in [6, 6.07) is 10.7. The second-order valence-electron chi connectivity index (χ2n) is 10.4. The number of nitrogens with one attached hydrogen (secondary N) is 3. The number of H-pyrrole nitrogens is 1. The molecule has 0 radical (unpaired) electrons. The molecule has 230 valence electrons. The van der Waals surface area contributed by atoms with Gasteiger partial charge in [0.25, 0.3) is 0 Å². The minimum Gasteiger partial charge on any atom is -0.403 e. The van der Waals surface area contributed by atoms with E-state index in [1.807, 2.05) is 6.92 Å². The van der Waals surface area contributed by atoms with Gasteiger partial charge in [0.1, 0.15) is 5.65 Å². The Balaban J connectivity index is 1.62. The fourth-order valence-corrected chi connectivity index (χ4v) is 4.74. The number of benzene rings is 2. The van der Waals surface area contributed by atoms with Gasteiger partial charge in [0.05, 0.1) is 11.4 Å². The zero-order valence-electron chi connectivity index (χ0n) is 23.5. The van der Waals surface area contributed by atoms with Gasteiger partial charge in [-0.2, -0.15) is 4.98 Å². The van der Waals surface area contributed by atoms with Crippen molar-refractivity contribution in [1.82, 2.24) is 19.9 Å². The number of nitrogens with zero attached hydrogens (tertiary/aromatic N) is 2. The molecule has 0 saturated carbocycles. The third-order valence-electron chi connectivity index (χ3n) is 6.85. The highest BCUT2D eigenvalue weighted by molar-refractivity contribution is 5.83. The summed E-state index contributed by atoms with van der Waals surface area (Å²) in [6.07, 6.45) is -0.623. The Morgan fingerprint density at radius 1 is 1.14 bits per heavy atom. The van der Waals surface area contributed by atoms with E-state index in [4.69, 9.17) is 22.6 Å². The smallest absolute Gasteiger partial charge is 0.403 e. The zero-order valence-corrected chi connectivity index (χ0v) is 23.5. The molecular formula is C29H34F4N8O2. The molecule has 9 N–H and O–H groups in total. The Kier molecular flexibility index (Phi) is 9.71. The van der Waals surface area contributed by atoms with Crippen molar-refractivity contribution in [3.8, 4) is 22.7 Å². The highest BCUT2D eigenvalue weighted by Crippen LogP contribution is 2.35. The summed E-state index contributed by atoms with van der Waals surface area (Å²) in [6.45, 7) is 2.35. The normalized spacial score (nSPS) is 13.2. The number of nitrogens with two attached hydrogens (primary N) is 3. The molecule has 0 aliphatic carbocycles. The number of guanidine groups is 1. The van der Waals surface area contributed by atoms with Crippen LogP contribution in [-0.2, 0) is 6.42 Å². The maximum Gasteiger partial charge on any atom is 0.573 e. The number of fused-ring (bicyclic) bond motifs is 1. The molecule has 14 heteroatoms. The van der Waals surface area contributed by atoms with E-state index in [1.165, 1.54) is 22.9 Å². The van der Waals surface area contributed by atoms with Gasteiger partial charge in [0.15, 0.2) is 17.5 Å². The van der Waals surface area contributed by atoms with E-state index < -0.39 is 23.6 Å². The van der Waals surface area contributed by atoms with Crippen LogP contribution in [0.5, 0.6) is 5.75 Å². The van der Waals surface area contributed by atoms with E-state index in [0.29, 0.717) is 55.3 Å². The Hall–Kier alpha value is -4.43. The first-order valence-electron chi connectivity index (χ1n) is 13.7. The van der Waals surface area contributed by atoms with Gasteiger partial charge in [0.2, 0.25) is 0 Å². The number of aryl methyl sites for hydroxylation is 1. The maximum absolute atomic E-state index is 15.3. The van der Waals surface area contributed by atoms with Crippen molar-refractivity contribution in [2.24, 2.45) is 17.2 Å². The van der Waals surface area contributed by atoms with Gasteiger partial charge in [0, 0.05) is 35.8 Å². The van der Waals surface area contributed by atoms with Crippen molar-refractivity contribution in [1.29, 1.82) is 5.41 Å². The predicted molar refractivity (Wildman–Crippen MR) is 156 cm³/mol. The topological polar surface area (TPSA) is 174 Å². The Morgan fingerprint density at radius 2 is 1.86 bits per heavy atom. The fraction of sp³-hybridized carbons (Fsp3) is 0.345. The molecule has 0 unspecified atom stereocenters. The van der Waals surface area contributed by atoms with Gasteiger partial charge in [-0.1, -0.05) is 12.1 Å². The van der Waals surface area contributed by atoms with Crippen LogP contribution in [0.2, 0.25) is 0 Å². The van der Waals surface area contributed by atoms with Crippen LogP contribution >= 0.6 is 0 Å². The minimum atomic E-state index is -5.08. The first kappa shape index (κ1) is 31.5. The summed E-state index contributed by atoms with van der Waals surface area (Å²) in [5.41, 5.74) is 18.7. The third kappa shape index (κ3) is 8.32. The van der Waals surface area contributed by atoms with Crippen LogP contribution in [0.3, 0.4) is 0 Å². The summed E-state index contributed by atoms with van der Waals surface area (Å²) in [4.78, 5) is 19.8. The van der Waals surface area contributed by atoms with E-state index in [0.717, 1.165) is 11.6 Å². The average molecular weight is 603 g/mol. The molecule has 4 rings (SSSR count). The number of ether oxygens (including phenoxy) is 1. The van der Waals surface area contributed by atoms with Crippen LogP contribution in [0.25, 0.3) is 28.0 Å². The molecule has 4 aromatic rings. The largest absolute Gasteiger partial charge is 0.573 e. The van der Waals surface area contributed by atoms with Crippen molar-refractivity contribution in [2.75, 3.05) is 6.54 Å². The standard InChI is InChI=1S/C29H34F4N8O2/c1-16(34)4-2-5-17-12-21(25(30)24(13-17)43-29(31,32)33)23-14-19-15-41(28(42)40-26(19)39-23)20-9-7-18(8-10-20)22(35)6-3-11-38-27(36)37/h7-10,12-16,22H,2-6,11,34-35H2,1H3,(H4,36,37,38)(H,39,40,42)/t16-,22+/m0/s1. The number of hydrogen-bond acceptors (Lipinski definition) is 6. The molecule has 43 heavy (non-hydrogen) atoms. The predicted octanol–water partition coefficient (Wildman–Crippen LogP) is 4.35. The first-order chi connectivity index (χ1) is 20.3. The van der Waals surface area contributed by atoms with Crippen LogP contribution < -0.4 is 32.9 Å². The summed E-state index contributed by atoms with van der Waals surface area (Å²) in [7, 11) is 0. The van der Waals surface area contributed by atoms with Crippen molar-refractivity contribution in [3.05, 3.63) is 76.1 Å². The van der Waals surface area contributed by atoms with Crippen LogP contribution in [0.15, 0.2) is 53.5 Å².